The zero-order valence-corrected chi connectivity index (χ0v) is 7.98. The van der Waals surface area contributed by atoms with Crippen molar-refractivity contribution in [2.45, 2.75) is 52.0 Å². The molecule has 0 spiro atoms. The van der Waals surface area contributed by atoms with Crippen molar-refractivity contribution in [1.29, 1.82) is 0 Å². The third-order valence-electron chi connectivity index (χ3n) is 2.81. The highest BCUT2D eigenvalue weighted by Crippen LogP contribution is 2.42. The lowest BCUT2D eigenvalue weighted by Crippen LogP contribution is -2.34. The van der Waals surface area contributed by atoms with Crippen LogP contribution in [0, 0.1) is 5.41 Å². The van der Waals surface area contributed by atoms with Crippen molar-refractivity contribution >= 4 is 6.72 Å². The maximum absolute atomic E-state index is 4.23. The molecule has 0 N–H and O–H groups in total. The molecular weight excluding hydrogens is 134 g/mol. The minimum Gasteiger partial charge on any atom is -0.295 e. The van der Waals surface area contributed by atoms with E-state index in [0.29, 0.717) is 5.41 Å². The summed E-state index contributed by atoms with van der Waals surface area (Å²) >= 11 is 0. The maximum atomic E-state index is 4.23. The third-order valence-corrected chi connectivity index (χ3v) is 2.81. The van der Waals surface area contributed by atoms with Gasteiger partial charge in [0.25, 0.3) is 0 Å². The monoisotopic (exact) mass is 153 g/mol. The molecule has 0 amide bonds. The lowest BCUT2D eigenvalue weighted by molar-refractivity contribution is 0.166. The van der Waals surface area contributed by atoms with E-state index in [0.717, 1.165) is 0 Å². The van der Waals surface area contributed by atoms with Gasteiger partial charge in [0.1, 0.15) is 0 Å². The largest absolute Gasteiger partial charge is 0.295 e. The lowest BCUT2D eigenvalue weighted by atomic mass is 9.69. The lowest BCUT2D eigenvalue weighted by Gasteiger charge is -2.40. The Morgan fingerprint density at radius 3 is 2.18 bits per heavy atom. The summed E-state index contributed by atoms with van der Waals surface area (Å²) in [4.78, 5) is 4.23. The predicted molar refractivity (Wildman–Crippen MR) is 50.2 cm³/mol. The van der Waals surface area contributed by atoms with Crippen molar-refractivity contribution < 1.29 is 0 Å². The molecule has 0 saturated heterocycles. The van der Waals surface area contributed by atoms with Crippen LogP contribution in [0.25, 0.3) is 0 Å². The molecule has 1 unspecified atom stereocenters. The highest BCUT2D eigenvalue weighted by Gasteiger charge is 2.35. The van der Waals surface area contributed by atoms with Gasteiger partial charge in [0.15, 0.2) is 0 Å². The second-order valence-corrected chi connectivity index (χ2v) is 4.85. The first kappa shape index (κ1) is 8.76. The summed E-state index contributed by atoms with van der Waals surface area (Å²) < 4.78 is 0. The van der Waals surface area contributed by atoms with Gasteiger partial charge in [0, 0.05) is 0 Å². The van der Waals surface area contributed by atoms with Crippen LogP contribution < -0.4 is 0 Å². The summed E-state index contributed by atoms with van der Waals surface area (Å²) in [7, 11) is 0. The van der Waals surface area contributed by atoms with Crippen LogP contribution >= 0.6 is 0 Å². The Labute approximate surface area is 69.9 Å². The van der Waals surface area contributed by atoms with Gasteiger partial charge >= 0.3 is 0 Å². The average Bonchev–Trinajstić information content (AvgIpc) is 1.85. The van der Waals surface area contributed by atoms with Crippen molar-refractivity contribution in [2.24, 2.45) is 10.4 Å². The van der Waals surface area contributed by atoms with Gasteiger partial charge in [-0.05, 0) is 38.3 Å². The van der Waals surface area contributed by atoms with E-state index in [-0.39, 0.29) is 5.54 Å². The first-order valence-corrected chi connectivity index (χ1v) is 4.45. The van der Waals surface area contributed by atoms with E-state index in [4.69, 9.17) is 0 Å². The van der Waals surface area contributed by atoms with Gasteiger partial charge in [-0.2, -0.15) is 0 Å². The molecule has 1 rings (SSSR count). The molecule has 1 aliphatic rings. The molecule has 64 valence electrons. The zero-order valence-electron chi connectivity index (χ0n) is 7.98. The van der Waals surface area contributed by atoms with E-state index in [1.165, 1.54) is 25.7 Å². The van der Waals surface area contributed by atoms with Crippen molar-refractivity contribution in [3.05, 3.63) is 0 Å². The Morgan fingerprint density at radius 2 is 1.82 bits per heavy atom. The first-order valence-electron chi connectivity index (χ1n) is 4.45. The first-order chi connectivity index (χ1) is 4.97. The number of hydrogen-bond acceptors (Lipinski definition) is 1. The van der Waals surface area contributed by atoms with Crippen molar-refractivity contribution in [3.8, 4) is 0 Å². The fraction of sp³-hybridized carbons (Fsp3) is 0.900. The van der Waals surface area contributed by atoms with Crippen LogP contribution in [0.3, 0.4) is 0 Å². The molecule has 1 nitrogen and oxygen atoms in total. The predicted octanol–water partition coefficient (Wildman–Crippen LogP) is 3.05. The van der Waals surface area contributed by atoms with Gasteiger partial charge in [-0.25, -0.2) is 0 Å². The standard InChI is InChI=1S/C10H19N/c1-9(2)6-5-7-10(3,8-9)11-4/h4-8H2,1-3H3. The molecule has 1 fully saturated rings. The van der Waals surface area contributed by atoms with E-state index in [9.17, 15) is 0 Å². The minimum atomic E-state index is 0.168. The number of rotatable bonds is 1. The summed E-state index contributed by atoms with van der Waals surface area (Å²) in [5, 5.41) is 0. The van der Waals surface area contributed by atoms with Crippen molar-refractivity contribution in [1.82, 2.24) is 0 Å². The molecule has 1 heteroatoms. The number of nitrogens with zero attached hydrogens (tertiary/aromatic N) is 1. The maximum Gasteiger partial charge on any atom is 0.0578 e. The van der Waals surface area contributed by atoms with Crippen molar-refractivity contribution in [2.75, 3.05) is 0 Å². The van der Waals surface area contributed by atoms with E-state index < -0.39 is 0 Å². The van der Waals surface area contributed by atoms with E-state index >= 15 is 0 Å². The molecule has 0 heterocycles. The smallest absolute Gasteiger partial charge is 0.0578 e. The van der Waals surface area contributed by atoms with Crippen LogP contribution in [0.1, 0.15) is 46.5 Å². The van der Waals surface area contributed by atoms with Gasteiger partial charge < -0.3 is 0 Å². The summed E-state index contributed by atoms with van der Waals surface area (Å²) in [6.07, 6.45) is 5.07. The van der Waals surface area contributed by atoms with Gasteiger partial charge in [-0.3, -0.25) is 4.99 Å². The van der Waals surface area contributed by atoms with E-state index in [2.05, 4.69) is 32.5 Å². The topological polar surface area (TPSA) is 12.4 Å². The van der Waals surface area contributed by atoms with Crippen LogP contribution in [0.2, 0.25) is 0 Å². The van der Waals surface area contributed by atoms with E-state index in [1.54, 1.807) is 0 Å². The van der Waals surface area contributed by atoms with E-state index in [1.807, 2.05) is 0 Å². The normalized spacial score (nSPS) is 36.6. The van der Waals surface area contributed by atoms with Crippen LogP contribution in [0.4, 0.5) is 0 Å². The number of hydrogen-bond donors (Lipinski definition) is 0. The molecular formula is C10H19N. The summed E-state index contributed by atoms with van der Waals surface area (Å²) in [5.74, 6) is 0. The van der Waals surface area contributed by atoms with Gasteiger partial charge in [-0.1, -0.05) is 20.3 Å². The van der Waals surface area contributed by atoms with Crippen LogP contribution in [0.5, 0.6) is 0 Å². The van der Waals surface area contributed by atoms with Gasteiger partial charge in [0.05, 0.1) is 5.54 Å². The fourth-order valence-electron chi connectivity index (χ4n) is 2.29. The minimum absolute atomic E-state index is 0.168. The third kappa shape index (κ3) is 2.05. The molecule has 0 bridgehead atoms. The molecule has 1 saturated carbocycles. The van der Waals surface area contributed by atoms with Crippen LogP contribution in [-0.2, 0) is 0 Å². The molecule has 0 radical (unpaired) electrons. The molecule has 11 heavy (non-hydrogen) atoms. The Kier molecular flexibility index (Phi) is 2.08. The zero-order chi connectivity index (χ0) is 8.54. The van der Waals surface area contributed by atoms with Gasteiger partial charge in [0.2, 0.25) is 0 Å². The van der Waals surface area contributed by atoms with Gasteiger partial charge in [-0.15, -0.1) is 0 Å². The SMILES string of the molecule is C=NC1(C)CCCC(C)(C)C1. The molecule has 0 aromatic carbocycles. The fourth-order valence-corrected chi connectivity index (χ4v) is 2.29. The quantitative estimate of drug-likeness (QED) is 0.513. The summed E-state index contributed by atoms with van der Waals surface area (Å²) in [6, 6.07) is 0. The highest BCUT2D eigenvalue weighted by atomic mass is 14.8. The molecule has 1 atom stereocenters. The molecule has 0 aromatic rings. The number of aliphatic imine (C=N–C) groups is 1. The Hall–Kier alpha value is -0.330. The summed E-state index contributed by atoms with van der Waals surface area (Å²) in [5.41, 5.74) is 0.649. The van der Waals surface area contributed by atoms with Crippen molar-refractivity contribution in [3.63, 3.8) is 0 Å². The summed E-state index contributed by atoms with van der Waals surface area (Å²) in [6.45, 7) is 10.6. The average molecular weight is 153 g/mol. The molecule has 0 aromatic heterocycles. The Morgan fingerprint density at radius 1 is 1.18 bits per heavy atom. The highest BCUT2D eigenvalue weighted by molar-refractivity contribution is 5.26. The van der Waals surface area contributed by atoms with Crippen LogP contribution in [0.15, 0.2) is 4.99 Å². The van der Waals surface area contributed by atoms with Crippen LogP contribution in [-0.4, -0.2) is 12.3 Å². The Bertz CT molecular complexity index is 160. The Balaban J connectivity index is 2.66. The second-order valence-electron chi connectivity index (χ2n) is 4.85. The molecule has 1 aliphatic carbocycles. The molecule has 0 aliphatic heterocycles. The second kappa shape index (κ2) is 2.62.